The normalized spacial score (nSPS) is 25.5. The van der Waals surface area contributed by atoms with E-state index in [2.05, 4.69) is 10.3 Å². The molecule has 1 N–H and O–H groups in total. The van der Waals surface area contributed by atoms with Crippen molar-refractivity contribution in [1.82, 2.24) is 5.32 Å². The Morgan fingerprint density at radius 2 is 2.08 bits per heavy atom. The summed E-state index contributed by atoms with van der Waals surface area (Å²) in [7, 11) is 0. The molecule has 0 aromatic heterocycles. The van der Waals surface area contributed by atoms with Gasteiger partial charge >= 0.3 is 0 Å². The van der Waals surface area contributed by atoms with Crippen molar-refractivity contribution in [2.45, 2.75) is 38.1 Å². The number of aliphatic imine (C=N–C) groups is 1. The topological polar surface area (TPSA) is 24.4 Å². The van der Waals surface area contributed by atoms with Crippen LogP contribution in [0.2, 0.25) is 0 Å². The fraction of sp³-hybridized carbons (Fsp3) is 0.889. The average Bonchev–Trinajstić information content (AvgIpc) is 2.59. The van der Waals surface area contributed by atoms with Gasteiger partial charge in [0.2, 0.25) is 0 Å². The monoisotopic (exact) mass is 184 g/mol. The van der Waals surface area contributed by atoms with E-state index < -0.39 is 0 Å². The van der Waals surface area contributed by atoms with Gasteiger partial charge in [-0.3, -0.25) is 4.99 Å². The lowest BCUT2D eigenvalue weighted by atomic mass is 10.3. The molecule has 0 saturated heterocycles. The predicted molar refractivity (Wildman–Crippen MR) is 54.8 cm³/mol. The molecule has 2 rings (SSSR count). The van der Waals surface area contributed by atoms with Gasteiger partial charge in [-0.05, 0) is 19.3 Å². The summed E-state index contributed by atoms with van der Waals surface area (Å²) in [6, 6.07) is 0.731. The van der Waals surface area contributed by atoms with Crippen LogP contribution in [0.25, 0.3) is 0 Å². The number of rotatable bonds is 1. The molecule has 0 aromatic rings. The Morgan fingerprint density at radius 1 is 1.25 bits per heavy atom. The van der Waals surface area contributed by atoms with Gasteiger partial charge in [0.15, 0.2) is 5.17 Å². The zero-order valence-electron chi connectivity index (χ0n) is 7.38. The number of hydrogen-bond donors (Lipinski definition) is 1. The quantitative estimate of drug-likeness (QED) is 0.674. The Bertz CT molecular complexity index is 173. The van der Waals surface area contributed by atoms with E-state index in [1.54, 1.807) is 0 Å². The zero-order chi connectivity index (χ0) is 8.23. The first-order chi connectivity index (χ1) is 5.95. The molecule has 0 bridgehead atoms. The highest BCUT2D eigenvalue weighted by Crippen LogP contribution is 2.20. The number of nitrogens with one attached hydrogen (secondary N) is 1. The number of thioether (sulfide) groups is 1. The van der Waals surface area contributed by atoms with Crippen molar-refractivity contribution in [3.63, 3.8) is 0 Å². The molecule has 0 amide bonds. The first-order valence-electron chi connectivity index (χ1n) is 4.89. The molecule has 68 valence electrons. The smallest absolute Gasteiger partial charge is 0.156 e. The van der Waals surface area contributed by atoms with Gasteiger partial charge in [-0.15, -0.1) is 0 Å². The maximum absolute atomic E-state index is 4.46. The van der Waals surface area contributed by atoms with Crippen LogP contribution < -0.4 is 5.32 Å². The van der Waals surface area contributed by atoms with Gasteiger partial charge in [-0.1, -0.05) is 24.6 Å². The Hall–Kier alpha value is -0.180. The summed E-state index contributed by atoms with van der Waals surface area (Å²) in [5.74, 6) is 1.25. The van der Waals surface area contributed by atoms with Crippen LogP contribution in [0.3, 0.4) is 0 Å². The lowest BCUT2D eigenvalue weighted by molar-refractivity contribution is 0.632. The Balaban J connectivity index is 1.80. The standard InChI is InChI=1S/C9H16N2S/c1-2-5-8(4-1)11-9-10-6-3-7-12-9/h8H,1-7H2,(H,10,11). The maximum atomic E-state index is 4.46. The van der Waals surface area contributed by atoms with Crippen LogP contribution in [0.15, 0.2) is 4.99 Å². The van der Waals surface area contributed by atoms with Crippen LogP contribution in [-0.4, -0.2) is 23.5 Å². The molecule has 1 saturated carbocycles. The SMILES string of the molecule is C1CN=C(NC2CCCC2)SC1. The van der Waals surface area contributed by atoms with Gasteiger partial charge in [-0.25, -0.2) is 0 Å². The molecule has 2 aliphatic rings. The third kappa shape index (κ3) is 2.16. The molecule has 0 aromatic carbocycles. The molecule has 1 heterocycles. The Kier molecular flexibility index (Phi) is 2.93. The van der Waals surface area contributed by atoms with E-state index in [4.69, 9.17) is 0 Å². The van der Waals surface area contributed by atoms with Gasteiger partial charge in [0.1, 0.15) is 0 Å². The summed E-state index contributed by atoms with van der Waals surface area (Å²) in [4.78, 5) is 4.46. The summed E-state index contributed by atoms with van der Waals surface area (Å²) in [5, 5.41) is 4.73. The molecule has 2 nitrogen and oxygen atoms in total. The lowest BCUT2D eigenvalue weighted by Crippen LogP contribution is -2.32. The van der Waals surface area contributed by atoms with Crippen molar-refractivity contribution >= 4 is 16.9 Å². The van der Waals surface area contributed by atoms with Crippen LogP contribution in [-0.2, 0) is 0 Å². The highest BCUT2D eigenvalue weighted by Gasteiger charge is 2.16. The molecule has 3 heteroatoms. The van der Waals surface area contributed by atoms with Crippen molar-refractivity contribution in [2.24, 2.45) is 4.99 Å². The first-order valence-corrected chi connectivity index (χ1v) is 5.87. The molecule has 0 unspecified atom stereocenters. The molecule has 1 aliphatic carbocycles. The average molecular weight is 184 g/mol. The minimum Gasteiger partial charge on any atom is -0.362 e. The minimum absolute atomic E-state index is 0.731. The second-order valence-electron chi connectivity index (χ2n) is 3.51. The Labute approximate surface area is 78.2 Å². The number of nitrogens with zero attached hydrogens (tertiary/aromatic N) is 1. The van der Waals surface area contributed by atoms with E-state index in [-0.39, 0.29) is 0 Å². The second kappa shape index (κ2) is 4.17. The van der Waals surface area contributed by atoms with Gasteiger partial charge in [0, 0.05) is 18.3 Å². The van der Waals surface area contributed by atoms with E-state index in [1.165, 1.54) is 43.0 Å². The molecular weight excluding hydrogens is 168 g/mol. The highest BCUT2D eigenvalue weighted by atomic mass is 32.2. The van der Waals surface area contributed by atoms with Crippen molar-refractivity contribution in [2.75, 3.05) is 12.3 Å². The van der Waals surface area contributed by atoms with Crippen molar-refractivity contribution in [3.8, 4) is 0 Å². The number of hydrogen-bond acceptors (Lipinski definition) is 3. The fourth-order valence-corrected chi connectivity index (χ4v) is 2.69. The van der Waals surface area contributed by atoms with E-state index in [1.807, 2.05) is 11.8 Å². The van der Waals surface area contributed by atoms with Crippen LogP contribution in [0, 0.1) is 0 Å². The van der Waals surface area contributed by atoms with Gasteiger partial charge in [-0.2, -0.15) is 0 Å². The summed E-state index contributed by atoms with van der Waals surface area (Å²) in [5.41, 5.74) is 0. The summed E-state index contributed by atoms with van der Waals surface area (Å²) in [6.07, 6.45) is 6.74. The van der Waals surface area contributed by atoms with Crippen LogP contribution >= 0.6 is 11.8 Å². The predicted octanol–water partition coefficient (Wildman–Crippen LogP) is 2.01. The third-order valence-electron chi connectivity index (χ3n) is 2.48. The molecular formula is C9H16N2S. The fourth-order valence-electron chi connectivity index (χ4n) is 1.79. The second-order valence-corrected chi connectivity index (χ2v) is 4.60. The van der Waals surface area contributed by atoms with E-state index in [0.29, 0.717) is 0 Å². The Morgan fingerprint density at radius 3 is 2.75 bits per heavy atom. The van der Waals surface area contributed by atoms with Crippen LogP contribution in [0.5, 0.6) is 0 Å². The highest BCUT2D eigenvalue weighted by molar-refractivity contribution is 8.13. The van der Waals surface area contributed by atoms with Gasteiger partial charge in [0.05, 0.1) is 0 Å². The molecule has 0 radical (unpaired) electrons. The van der Waals surface area contributed by atoms with Crippen LogP contribution in [0.4, 0.5) is 0 Å². The molecule has 0 atom stereocenters. The molecule has 1 fully saturated rings. The van der Waals surface area contributed by atoms with Crippen LogP contribution in [0.1, 0.15) is 32.1 Å². The maximum Gasteiger partial charge on any atom is 0.156 e. The van der Waals surface area contributed by atoms with Gasteiger partial charge in [0.25, 0.3) is 0 Å². The zero-order valence-corrected chi connectivity index (χ0v) is 8.20. The molecule has 12 heavy (non-hydrogen) atoms. The van der Waals surface area contributed by atoms with Gasteiger partial charge < -0.3 is 5.32 Å². The van der Waals surface area contributed by atoms with E-state index in [9.17, 15) is 0 Å². The molecule has 1 aliphatic heterocycles. The summed E-state index contributed by atoms with van der Waals surface area (Å²) in [6.45, 7) is 1.03. The lowest BCUT2D eigenvalue weighted by Gasteiger charge is -2.17. The summed E-state index contributed by atoms with van der Waals surface area (Å²) < 4.78 is 0. The minimum atomic E-state index is 0.731. The van der Waals surface area contributed by atoms with E-state index in [0.717, 1.165) is 12.6 Å². The van der Waals surface area contributed by atoms with E-state index >= 15 is 0 Å². The third-order valence-corrected chi connectivity index (χ3v) is 3.49. The van der Waals surface area contributed by atoms with Crippen molar-refractivity contribution in [1.29, 1.82) is 0 Å². The number of amidine groups is 1. The first kappa shape index (κ1) is 8.42. The summed E-state index contributed by atoms with van der Waals surface area (Å²) >= 11 is 1.89. The van der Waals surface area contributed by atoms with Crippen molar-refractivity contribution in [3.05, 3.63) is 0 Å². The molecule has 0 spiro atoms. The van der Waals surface area contributed by atoms with Crippen molar-refractivity contribution < 1.29 is 0 Å². The largest absolute Gasteiger partial charge is 0.362 e.